The van der Waals surface area contributed by atoms with Gasteiger partial charge in [0.2, 0.25) is 5.91 Å². The van der Waals surface area contributed by atoms with Gasteiger partial charge in [0, 0.05) is 26.2 Å². The highest BCUT2D eigenvalue weighted by Gasteiger charge is 2.12. The monoisotopic (exact) mass is 548 g/mol. The first-order valence-corrected chi connectivity index (χ1v) is 9.27. The third kappa shape index (κ3) is 9.37. The summed E-state index contributed by atoms with van der Waals surface area (Å²) in [7, 11) is 4.80. The van der Waals surface area contributed by atoms with Gasteiger partial charge in [0.1, 0.15) is 11.5 Å². The Balaban J connectivity index is 0.00000480. The average Bonchev–Trinajstić information content (AvgIpc) is 2.74. The van der Waals surface area contributed by atoms with E-state index in [9.17, 15) is 13.6 Å². The smallest absolute Gasteiger partial charge is 0.387 e. The van der Waals surface area contributed by atoms with Crippen LogP contribution in [0.15, 0.2) is 53.5 Å². The van der Waals surface area contributed by atoms with Gasteiger partial charge in [0.15, 0.2) is 5.96 Å². The lowest BCUT2D eigenvalue weighted by Gasteiger charge is -2.17. The van der Waals surface area contributed by atoms with Crippen LogP contribution in [-0.2, 0) is 17.9 Å². The van der Waals surface area contributed by atoms with E-state index in [0.29, 0.717) is 23.8 Å². The van der Waals surface area contributed by atoms with E-state index in [1.807, 2.05) is 30.3 Å². The van der Waals surface area contributed by atoms with Crippen LogP contribution in [0, 0.1) is 0 Å². The van der Waals surface area contributed by atoms with Gasteiger partial charge in [-0.2, -0.15) is 8.78 Å². The Hall–Kier alpha value is -2.63. The van der Waals surface area contributed by atoms with E-state index in [1.165, 1.54) is 18.1 Å². The van der Waals surface area contributed by atoms with E-state index >= 15 is 0 Å². The van der Waals surface area contributed by atoms with E-state index in [1.54, 1.807) is 26.2 Å². The summed E-state index contributed by atoms with van der Waals surface area (Å²) in [4.78, 5) is 17.8. The van der Waals surface area contributed by atoms with Gasteiger partial charge in [-0.25, -0.2) is 4.99 Å². The molecule has 0 saturated heterocycles. The largest absolute Gasteiger partial charge is 0.497 e. The summed E-state index contributed by atoms with van der Waals surface area (Å²) in [6.45, 7) is -2.40. The molecule has 0 spiro atoms. The number of nitrogens with one attached hydrogen (secondary N) is 2. The maximum absolute atomic E-state index is 12.7. The second-order valence-corrected chi connectivity index (χ2v) is 6.50. The van der Waals surface area contributed by atoms with Crippen molar-refractivity contribution in [3.63, 3.8) is 0 Å². The van der Waals surface area contributed by atoms with Crippen molar-refractivity contribution in [2.24, 2.45) is 4.99 Å². The van der Waals surface area contributed by atoms with Gasteiger partial charge in [-0.15, -0.1) is 24.0 Å². The third-order valence-corrected chi connectivity index (χ3v) is 4.10. The molecule has 0 radical (unpaired) electrons. The molecule has 1 amide bonds. The van der Waals surface area contributed by atoms with E-state index in [-0.39, 0.29) is 48.7 Å². The summed E-state index contributed by atoms with van der Waals surface area (Å²) in [5.41, 5.74) is 1.45. The van der Waals surface area contributed by atoms with Crippen molar-refractivity contribution < 1.29 is 23.0 Å². The maximum Gasteiger partial charge on any atom is 0.387 e. The number of aliphatic imine (C=N–C) groups is 1. The molecule has 0 aliphatic rings. The van der Waals surface area contributed by atoms with Gasteiger partial charge in [-0.05, 0) is 23.8 Å². The number of likely N-dealkylation sites (N-methyl/N-ethyl adjacent to an activating group) is 1. The zero-order valence-corrected chi connectivity index (χ0v) is 19.9. The fourth-order valence-electron chi connectivity index (χ4n) is 2.46. The number of benzene rings is 2. The highest BCUT2D eigenvalue weighted by atomic mass is 127. The zero-order chi connectivity index (χ0) is 21.9. The van der Waals surface area contributed by atoms with Crippen LogP contribution in [0.5, 0.6) is 11.5 Å². The van der Waals surface area contributed by atoms with Crippen LogP contribution in [0.2, 0.25) is 0 Å². The summed E-state index contributed by atoms with van der Waals surface area (Å²) >= 11 is 0. The minimum absolute atomic E-state index is 0. The van der Waals surface area contributed by atoms with Gasteiger partial charge in [-0.1, -0.05) is 30.3 Å². The molecular weight excluding hydrogens is 521 g/mol. The number of alkyl halides is 2. The van der Waals surface area contributed by atoms with Crippen molar-refractivity contribution >= 4 is 35.8 Å². The predicted octanol–water partition coefficient (Wildman–Crippen LogP) is 3.24. The Labute approximate surface area is 197 Å². The molecule has 0 atom stereocenters. The van der Waals surface area contributed by atoms with Gasteiger partial charge in [0.05, 0.1) is 20.2 Å². The van der Waals surface area contributed by atoms with Crippen molar-refractivity contribution in [1.82, 2.24) is 15.5 Å². The highest BCUT2D eigenvalue weighted by Crippen LogP contribution is 2.25. The number of ether oxygens (including phenoxy) is 2. The molecule has 0 unspecified atom stereocenters. The molecule has 31 heavy (non-hydrogen) atoms. The second kappa shape index (κ2) is 13.6. The van der Waals surface area contributed by atoms with E-state index in [4.69, 9.17) is 4.74 Å². The van der Waals surface area contributed by atoms with Gasteiger partial charge >= 0.3 is 6.61 Å². The van der Waals surface area contributed by atoms with Crippen LogP contribution in [0.25, 0.3) is 0 Å². The lowest BCUT2D eigenvalue weighted by molar-refractivity contribution is -0.127. The summed E-state index contributed by atoms with van der Waals surface area (Å²) in [6, 6.07) is 14.2. The van der Waals surface area contributed by atoms with Gasteiger partial charge in [-0.3, -0.25) is 4.79 Å². The summed E-state index contributed by atoms with van der Waals surface area (Å²) in [6.07, 6.45) is 0. The normalized spacial score (nSPS) is 10.8. The molecule has 0 heterocycles. The molecule has 0 aliphatic carbocycles. The molecular formula is C21H27F2IN4O3. The van der Waals surface area contributed by atoms with Crippen molar-refractivity contribution in [2.75, 3.05) is 27.7 Å². The van der Waals surface area contributed by atoms with E-state index in [2.05, 4.69) is 20.4 Å². The number of carbonyl (C=O) groups is 1. The van der Waals surface area contributed by atoms with Crippen LogP contribution in [0.3, 0.4) is 0 Å². The average molecular weight is 548 g/mol. The molecule has 0 fully saturated rings. The Morgan fingerprint density at radius 1 is 1.13 bits per heavy atom. The number of methoxy groups -OCH3 is 1. The van der Waals surface area contributed by atoms with Crippen LogP contribution in [0.1, 0.15) is 11.1 Å². The first-order chi connectivity index (χ1) is 14.4. The summed E-state index contributed by atoms with van der Waals surface area (Å²) in [5, 5.41) is 6.01. The Morgan fingerprint density at radius 2 is 1.84 bits per heavy atom. The zero-order valence-electron chi connectivity index (χ0n) is 17.6. The lowest BCUT2D eigenvalue weighted by atomic mass is 10.2. The first kappa shape index (κ1) is 26.4. The molecule has 0 saturated carbocycles. The van der Waals surface area contributed by atoms with Crippen LogP contribution >= 0.6 is 24.0 Å². The number of guanidine groups is 1. The van der Waals surface area contributed by atoms with Crippen molar-refractivity contribution in [3.8, 4) is 11.5 Å². The number of nitrogens with zero attached hydrogens (tertiary/aromatic N) is 2. The van der Waals surface area contributed by atoms with Crippen LogP contribution in [-0.4, -0.2) is 51.1 Å². The van der Waals surface area contributed by atoms with E-state index in [0.717, 1.165) is 5.56 Å². The van der Waals surface area contributed by atoms with E-state index < -0.39 is 6.61 Å². The number of rotatable bonds is 9. The molecule has 2 rings (SSSR count). The van der Waals surface area contributed by atoms with Gasteiger partial charge in [0.25, 0.3) is 0 Å². The first-order valence-electron chi connectivity index (χ1n) is 9.27. The van der Waals surface area contributed by atoms with Crippen LogP contribution < -0.4 is 20.1 Å². The Morgan fingerprint density at radius 3 is 2.45 bits per heavy atom. The molecule has 2 aromatic rings. The molecule has 0 aromatic heterocycles. The van der Waals surface area contributed by atoms with Crippen LogP contribution in [0.4, 0.5) is 8.78 Å². The molecule has 10 heteroatoms. The predicted molar refractivity (Wildman–Crippen MR) is 126 cm³/mol. The minimum Gasteiger partial charge on any atom is -0.497 e. The second-order valence-electron chi connectivity index (χ2n) is 6.50. The number of halogens is 3. The molecule has 2 N–H and O–H groups in total. The molecule has 0 bridgehead atoms. The SMILES string of the molecule is COc1ccc(OC(F)F)c(CNC(=NCc2ccccc2)NCC(=O)N(C)C)c1.I. The summed E-state index contributed by atoms with van der Waals surface area (Å²) in [5.74, 6) is 0.768. The number of carbonyl (C=O) groups excluding carboxylic acids is 1. The highest BCUT2D eigenvalue weighted by molar-refractivity contribution is 14.0. The summed E-state index contributed by atoms with van der Waals surface area (Å²) < 4.78 is 35.2. The maximum atomic E-state index is 12.7. The van der Waals surface area contributed by atoms with Crippen molar-refractivity contribution in [2.45, 2.75) is 19.7 Å². The molecule has 0 aliphatic heterocycles. The molecule has 7 nitrogen and oxygen atoms in total. The third-order valence-electron chi connectivity index (χ3n) is 4.10. The minimum atomic E-state index is -2.95. The lowest BCUT2D eigenvalue weighted by Crippen LogP contribution is -2.42. The van der Waals surface area contributed by atoms with Crippen molar-refractivity contribution in [1.29, 1.82) is 0 Å². The topological polar surface area (TPSA) is 75.2 Å². The molecule has 170 valence electrons. The fourth-order valence-corrected chi connectivity index (χ4v) is 2.46. The number of amides is 1. The van der Waals surface area contributed by atoms with Crippen molar-refractivity contribution in [3.05, 3.63) is 59.7 Å². The fraction of sp³-hybridized carbons (Fsp3) is 0.333. The standard InChI is InChI=1S/C21H26F2N4O3.HI/c1-27(2)19(28)14-26-21(24-12-15-7-5-4-6-8-15)25-13-16-11-17(29-3)9-10-18(16)30-20(22)23;/h4-11,20H,12-14H2,1-3H3,(H2,24,25,26);1H. The van der Waals surface area contributed by atoms with Gasteiger partial charge < -0.3 is 25.0 Å². The number of hydrogen-bond donors (Lipinski definition) is 2. The number of hydrogen-bond acceptors (Lipinski definition) is 4. The quantitative estimate of drug-likeness (QED) is 0.286. The Bertz CT molecular complexity index is 852. The molecule has 2 aromatic carbocycles. The Kier molecular flexibility index (Phi) is 11.6.